The minimum absolute atomic E-state index is 0.0609. The van der Waals surface area contributed by atoms with Crippen LogP contribution in [0.4, 0.5) is 0 Å². The van der Waals surface area contributed by atoms with Gasteiger partial charge in [0, 0.05) is 6.04 Å². The first-order chi connectivity index (χ1) is 11.4. The van der Waals surface area contributed by atoms with Gasteiger partial charge in [0.25, 0.3) is 15.9 Å². The van der Waals surface area contributed by atoms with Crippen LogP contribution in [0.1, 0.15) is 19.8 Å². The lowest BCUT2D eigenvalue weighted by Gasteiger charge is -2.31. The molecule has 2 N–H and O–H groups in total. The van der Waals surface area contributed by atoms with Crippen molar-refractivity contribution in [2.24, 2.45) is 5.92 Å². The third-order valence-corrected chi connectivity index (χ3v) is 8.30. The van der Waals surface area contributed by atoms with Crippen LogP contribution in [0.5, 0.6) is 0 Å². The number of carbonyl (C=O) groups is 1. The predicted octanol–water partition coefficient (Wildman–Crippen LogP) is 0.205. The van der Waals surface area contributed by atoms with Gasteiger partial charge in [-0.3, -0.25) is 4.79 Å². The van der Waals surface area contributed by atoms with Crippen molar-refractivity contribution in [2.75, 3.05) is 32.7 Å². The van der Waals surface area contributed by atoms with Crippen LogP contribution >= 0.6 is 22.9 Å². The van der Waals surface area contributed by atoms with Gasteiger partial charge in [-0.15, -0.1) is 11.3 Å². The predicted molar refractivity (Wildman–Crippen MR) is 94.0 cm³/mol. The summed E-state index contributed by atoms with van der Waals surface area (Å²) in [6.07, 6.45) is 2.41. The Kier molecular flexibility index (Phi) is 5.51. The van der Waals surface area contributed by atoms with E-state index in [2.05, 4.69) is 12.2 Å². The van der Waals surface area contributed by atoms with Crippen molar-refractivity contribution in [1.82, 2.24) is 9.62 Å². The highest BCUT2D eigenvalue weighted by Crippen LogP contribution is 2.32. The smallest absolute Gasteiger partial charge is 0.275 e. The molecule has 1 aliphatic carbocycles. The Morgan fingerprint density at radius 2 is 2.08 bits per heavy atom. The lowest BCUT2D eigenvalue weighted by molar-refractivity contribution is -0.895. The summed E-state index contributed by atoms with van der Waals surface area (Å²) in [5.41, 5.74) is 0. The molecule has 2 fully saturated rings. The van der Waals surface area contributed by atoms with E-state index in [0.29, 0.717) is 43.0 Å². The zero-order valence-electron chi connectivity index (χ0n) is 13.6. The Balaban J connectivity index is 1.49. The second-order valence-corrected chi connectivity index (χ2v) is 10.5. The van der Waals surface area contributed by atoms with E-state index in [1.54, 1.807) is 12.1 Å². The number of rotatable bonds is 6. The van der Waals surface area contributed by atoms with Crippen LogP contribution in [-0.2, 0) is 14.8 Å². The van der Waals surface area contributed by atoms with Gasteiger partial charge in [-0.2, -0.15) is 4.31 Å². The first-order valence-corrected chi connectivity index (χ1v) is 10.9. The average Bonchev–Trinajstić information content (AvgIpc) is 3.29. The topological polar surface area (TPSA) is 70.9 Å². The highest BCUT2D eigenvalue weighted by molar-refractivity contribution is 7.91. The van der Waals surface area contributed by atoms with E-state index < -0.39 is 10.0 Å². The number of piperazine rings is 1. The largest absolute Gasteiger partial charge is 0.348 e. The van der Waals surface area contributed by atoms with E-state index >= 15 is 0 Å². The number of quaternary nitrogens is 1. The van der Waals surface area contributed by atoms with Crippen molar-refractivity contribution < 1.29 is 18.1 Å². The van der Waals surface area contributed by atoms with Gasteiger partial charge in [-0.05, 0) is 37.8 Å². The summed E-state index contributed by atoms with van der Waals surface area (Å²) in [6, 6.07) is 3.41. The molecule has 2 aliphatic rings. The lowest BCUT2D eigenvalue weighted by Crippen LogP contribution is -3.15. The first-order valence-electron chi connectivity index (χ1n) is 8.24. The van der Waals surface area contributed by atoms with E-state index in [9.17, 15) is 13.2 Å². The highest BCUT2D eigenvalue weighted by Gasteiger charge is 2.33. The second kappa shape index (κ2) is 7.29. The molecule has 1 aliphatic heterocycles. The maximum atomic E-state index is 12.5. The summed E-state index contributed by atoms with van der Waals surface area (Å²) in [5, 5.41) is 3.05. The molecule has 2 heterocycles. The molecule has 0 aromatic carbocycles. The van der Waals surface area contributed by atoms with Gasteiger partial charge < -0.3 is 10.2 Å². The SMILES string of the molecule is C[C@H](NC(=O)C[NH+]1CCN(S(=O)(=O)c2ccc(Cl)s2)CC1)C1CC1. The summed E-state index contributed by atoms with van der Waals surface area (Å²) in [6.45, 7) is 4.61. The summed E-state index contributed by atoms with van der Waals surface area (Å²) in [7, 11) is -3.46. The monoisotopic (exact) mass is 392 g/mol. The zero-order chi connectivity index (χ0) is 17.3. The van der Waals surface area contributed by atoms with Gasteiger partial charge in [0.05, 0.1) is 30.5 Å². The molecule has 1 saturated heterocycles. The molecular formula is C15H23ClN3O3S2+. The van der Waals surface area contributed by atoms with Crippen LogP contribution in [0, 0.1) is 5.92 Å². The van der Waals surface area contributed by atoms with E-state index in [1.807, 2.05) is 0 Å². The fraction of sp³-hybridized carbons (Fsp3) is 0.667. The molecule has 0 radical (unpaired) electrons. The van der Waals surface area contributed by atoms with E-state index in [4.69, 9.17) is 11.6 Å². The van der Waals surface area contributed by atoms with Gasteiger partial charge in [0.2, 0.25) is 0 Å². The molecule has 1 atom stereocenters. The number of nitrogens with one attached hydrogen (secondary N) is 2. The molecule has 1 aromatic rings. The summed E-state index contributed by atoms with van der Waals surface area (Å²) in [5.74, 6) is 0.703. The molecule has 1 aromatic heterocycles. The van der Waals surface area contributed by atoms with Crippen molar-refractivity contribution in [3.63, 3.8) is 0 Å². The molecular weight excluding hydrogens is 370 g/mol. The van der Waals surface area contributed by atoms with Crippen molar-refractivity contribution in [2.45, 2.75) is 30.0 Å². The number of hydrogen-bond donors (Lipinski definition) is 2. The summed E-state index contributed by atoms with van der Waals surface area (Å²) < 4.78 is 27.3. The molecule has 1 amide bonds. The number of nitrogens with zero attached hydrogens (tertiary/aromatic N) is 1. The molecule has 0 bridgehead atoms. The standard InChI is InChI=1S/C15H22ClN3O3S2/c1-11(12-2-3-12)17-14(20)10-18-6-8-19(9-7-18)24(21,22)15-5-4-13(16)23-15/h4-5,11-12H,2-3,6-10H2,1H3,(H,17,20)/p+1/t11-/m0/s1. The average molecular weight is 393 g/mol. The van der Waals surface area contributed by atoms with Crippen LogP contribution in [0.25, 0.3) is 0 Å². The van der Waals surface area contributed by atoms with Crippen LogP contribution in [0.2, 0.25) is 4.34 Å². The molecule has 0 spiro atoms. The summed E-state index contributed by atoms with van der Waals surface area (Å²) >= 11 is 6.92. The maximum Gasteiger partial charge on any atom is 0.275 e. The Bertz CT molecular complexity index is 695. The Hall–Kier alpha value is -0.670. The first kappa shape index (κ1) is 18.1. The minimum atomic E-state index is -3.46. The van der Waals surface area contributed by atoms with Crippen LogP contribution in [-0.4, -0.2) is 57.4 Å². The molecule has 134 valence electrons. The van der Waals surface area contributed by atoms with Gasteiger partial charge in [-0.1, -0.05) is 11.6 Å². The molecule has 6 nitrogen and oxygen atoms in total. The Labute approximate surface area is 151 Å². The van der Waals surface area contributed by atoms with Crippen molar-refractivity contribution in [1.29, 1.82) is 0 Å². The normalized spacial score (nSPS) is 21.6. The third-order valence-electron chi connectivity index (χ3n) is 4.70. The second-order valence-electron chi connectivity index (χ2n) is 6.58. The number of sulfonamides is 1. The van der Waals surface area contributed by atoms with Crippen molar-refractivity contribution in [3.8, 4) is 0 Å². The quantitative estimate of drug-likeness (QED) is 0.726. The number of carbonyl (C=O) groups excluding carboxylic acids is 1. The molecule has 1 saturated carbocycles. The maximum absolute atomic E-state index is 12.5. The van der Waals surface area contributed by atoms with Gasteiger partial charge in [-0.25, -0.2) is 8.42 Å². The van der Waals surface area contributed by atoms with Gasteiger partial charge >= 0.3 is 0 Å². The lowest BCUT2D eigenvalue weighted by atomic mass is 10.2. The fourth-order valence-corrected chi connectivity index (χ4v) is 6.11. The molecule has 0 unspecified atom stereocenters. The van der Waals surface area contributed by atoms with Gasteiger partial charge in [0.15, 0.2) is 6.54 Å². The number of hydrogen-bond acceptors (Lipinski definition) is 4. The Morgan fingerprint density at radius 3 is 2.62 bits per heavy atom. The van der Waals surface area contributed by atoms with E-state index in [0.717, 1.165) is 16.2 Å². The van der Waals surface area contributed by atoms with E-state index in [1.165, 1.54) is 17.1 Å². The van der Waals surface area contributed by atoms with Crippen molar-refractivity contribution >= 4 is 38.9 Å². The van der Waals surface area contributed by atoms with Crippen molar-refractivity contribution in [3.05, 3.63) is 16.5 Å². The van der Waals surface area contributed by atoms with Crippen LogP contribution in [0.3, 0.4) is 0 Å². The number of halogens is 1. The minimum Gasteiger partial charge on any atom is -0.348 e. The molecule has 3 rings (SSSR count). The van der Waals surface area contributed by atoms with Gasteiger partial charge in [0.1, 0.15) is 4.21 Å². The Morgan fingerprint density at radius 1 is 1.42 bits per heavy atom. The van der Waals surface area contributed by atoms with Crippen LogP contribution < -0.4 is 10.2 Å². The summed E-state index contributed by atoms with van der Waals surface area (Å²) in [4.78, 5) is 13.2. The van der Waals surface area contributed by atoms with E-state index in [-0.39, 0.29) is 16.2 Å². The number of thiophene rings is 1. The molecule has 9 heteroatoms. The highest BCUT2D eigenvalue weighted by atomic mass is 35.5. The fourth-order valence-electron chi connectivity index (χ4n) is 3.03. The zero-order valence-corrected chi connectivity index (χ0v) is 16.0. The number of amides is 1. The van der Waals surface area contributed by atoms with Crippen LogP contribution in [0.15, 0.2) is 16.3 Å². The third kappa shape index (κ3) is 4.29. The molecule has 24 heavy (non-hydrogen) atoms.